The Hall–Kier alpha value is -2.51. The molecule has 3 heterocycles. The molecular formula is C90H165NO18. The Morgan fingerprint density at radius 2 is 0.633 bits per heavy atom. The second kappa shape index (κ2) is 69.8. The largest absolute Gasteiger partial charge is 0.394 e. The number of carbonyl (C=O) groups excluding carboxylic acids is 1. The van der Waals surface area contributed by atoms with Gasteiger partial charge in [0, 0.05) is 6.42 Å². The van der Waals surface area contributed by atoms with E-state index in [1.54, 1.807) is 0 Å². The summed E-state index contributed by atoms with van der Waals surface area (Å²) in [5.41, 5.74) is 0. The third-order valence-electron chi connectivity index (χ3n) is 22.4. The number of aliphatic hydroxyl groups is 11. The molecule has 0 bridgehead atoms. The van der Waals surface area contributed by atoms with Crippen molar-refractivity contribution in [1.82, 2.24) is 5.32 Å². The normalized spacial score (nSPS) is 25.5. The van der Waals surface area contributed by atoms with Crippen LogP contribution in [0.4, 0.5) is 0 Å². The number of carbonyl (C=O) groups is 1. The van der Waals surface area contributed by atoms with Gasteiger partial charge in [-0.25, -0.2) is 0 Å². The number of hydrogen-bond donors (Lipinski definition) is 12. The molecule has 3 rings (SSSR count). The summed E-state index contributed by atoms with van der Waals surface area (Å²) < 4.78 is 34.6. The van der Waals surface area contributed by atoms with Gasteiger partial charge in [0.1, 0.15) is 73.2 Å². The SMILES string of the molecule is CC/C=C\C/C=C\C/C=C\C/C=C\C/C=C\CCCCCCCCCCCCCCCCCCCCCCCCCC(=O)NC(COC1OC(CO)C(OC2OC(CO)C(OC3OC(CO)C(O)C(O)C3O)C(O)C2O)C(O)C1O)C(O)CCCCCCCCCCCCCCCCCCCCCCCCCCC. The lowest BCUT2D eigenvalue weighted by molar-refractivity contribution is -0.379. The maximum atomic E-state index is 13.5. The minimum atomic E-state index is -1.97. The minimum absolute atomic E-state index is 0.235. The van der Waals surface area contributed by atoms with Gasteiger partial charge in [-0.2, -0.15) is 0 Å². The van der Waals surface area contributed by atoms with Gasteiger partial charge in [-0.3, -0.25) is 4.79 Å². The van der Waals surface area contributed by atoms with Gasteiger partial charge in [0.15, 0.2) is 18.9 Å². The Kier molecular flexibility index (Phi) is 64.4. The van der Waals surface area contributed by atoms with Gasteiger partial charge in [0.25, 0.3) is 0 Å². The molecule has 19 heteroatoms. The molecule has 638 valence electrons. The number of nitrogens with one attached hydrogen (secondary N) is 1. The average Bonchev–Trinajstić information content (AvgIpc) is 0.759. The van der Waals surface area contributed by atoms with E-state index in [9.17, 15) is 61.0 Å². The summed E-state index contributed by atoms with van der Waals surface area (Å²) >= 11 is 0. The van der Waals surface area contributed by atoms with E-state index < -0.39 is 124 Å². The van der Waals surface area contributed by atoms with Crippen LogP contribution in [0, 0.1) is 0 Å². The molecule has 1 amide bonds. The molecule has 0 saturated carbocycles. The Morgan fingerprint density at radius 1 is 0.339 bits per heavy atom. The predicted molar refractivity (Wildman–Crippen MR) is 439 cm³/mol. The smallest absolute Gasteiger partial charge is 0.220 e. The van der Waals surface area contributed by atoms with E-state index in [0.29, 0.717) is 12.8 Å². The Morgan fingerprint density at radius 3 is 0.991 bits per heavy atom. The number of rotatable bonds is 73. The number of allylic oxidation sites excluding steroid dienone is 10. The van der Waals surface area contributed by atoms with Crippen LogP contribution in [-0.4, -0.2) is 193 Å². The maximum Gasteiger partial charge on any atom is 0.220 e. The molecule has 0 aliphatic carbocycles. The van der Waals surface area contributed by atoms with E-state index >= 15 is 0 Å². The van der Waals surface area contributed by atoms with E-state index in [1.165, 1.54) is 263 Å². The van der Waals surface area contributed by atoms with E-state index in [-0.39, 0.29) is 18.9 Å². The summed E-state index contributed by atoms with van der Waals surface area (Å²) in [6.45, 7) is 1.75. The van der Waals surface area contributed by atoms with Crippen molar-refractivity contribution in [3.05, 3.63) is 60.8 Å². The number of aliphatic hydroxyl groups excluding tert-OH is 11. The fourth-order valence-corrected chi connectivity index (χ4v) is 15.2. The number of ether oxygens (including phenoxy) is 6. The Balaban J connectivity index is 1.30. The summed E-state index contributed by atoms with van der Waals surface area (Å²) in [5.74, 6) is -0.235. The van der Waals surface area contributed by atoms with Crippen LogP contribution >= 0.6 is 0 Å². The summed E-state index contributed by atoms with van der Waals surface area (Å²) in [7, 11) is 0. The topological polar surface area (TPSA) is 307 Å². The van der Waals surface area contributed by atoms with Gasteiger partial charge < -0.3 is 89.9 Å². The standard InChI is InChI=1S/C90H165NO18/c1-3-5-7-9-11-13-15-17-19-21-23-25-27-29-30-31-32-33-34-35-36-37-38-39-40-41-42-44-46-48-50-52-54-56-58-60-62-64-66-68-78(96)91-73(74(95)67-65-63-61-59-57-55-53-51-49-47-45-43-28-26-24-22-20-18-16-14-12-10-8-6-4-2)72-104-88-84(102)81(99)86(76(70-93)106-88)109-90-85(103)82(100)87(77(71-94)107-90)108-89-83(101)80(98)79(97)75(69-92)105-89/h5,7,11,13,17,19,23,25,29-30,73-77,79-90,92-95,97-103H,3-4,6,8-10,12,14-16,18,20-22,24,26-28,31-72H2,1-2H3,(H,91,96)/b7-5-,13-11-,19-17-,25-23-,30-29-. The highest BCUT2D eigenvalue weighted by Gasteiger charge is 2.54. The Bertz CT molecular complexity index is 2200. The maximum absolute atomic E-state index is 13.5. The first-order valence-electron chi connectivity index (χ1n) is 45.0. The lowest BCUT2D eigenvalue weighted by atomic mass is 9.96. The van der Waals surface area contributed by atoms with Crippen LogP contribution in [-0.2, 0) is 33.2 Å². The molecule has 17 atom stereocenters. The van der Waals surface area contributed by atoms with Crippen LogP contribution in [0.3, 0.4) is 0 Å². The molecule has 17 unspecified atom stereocenters. The third-order valence-corrected chi connectivity index (χ3v) is 22.4. The van der Waals surface area contributed by atoms with Crippen molar-refractivity contribution < 1.29 is 89.4 Å². The summed E-state index contributed by atoms with van der Waals surface area (Å²) in [5, 5.41) is 121. The van der Waals surface area contributed by atoms with Crippen molar-refractivity contribution in [1.29, 1.82) is 0 Å². The summed E-state index contributed by atoms with van der Waals surface area (Å²) in [6, 6.07) is -0.889. The van der Waals surface area contributed by atoms with Gasteiger partial charge in [-0.05, 0) is 57.8 Å². The van der Waals surface area contributed by atoms with Crippen molar-refractivity contribution in [2.45, 2.75) is 478 Å². The zero-order chi connectivity index (χ0) is 78.8. The molecule has 0 aromatic rings. The van der Waals surface area contributed by atoms with Gasteiger partial charge in [-0.15, -0.1) is 0 Å². The van der Waals surface area contributed by atoms with Crippen molar-refractivity contribution in [3.63, 3.8) is 0 Å². The van der Waals surface area contributed by atoms with Crippen molar-refractivity contribution >= 4 is 5.91 Å². The lowest BCUT2D eigenvalue weighted by Crippen LogP contribution is -2.66. The van der Waals surface area contributed by atoms with Crippen LogP contribution < -0.4 is 5.32 Å². The molecule has 0 spiro atoms. The lowest BCUT2D eigenvalue weighted by Gasteiger charge is -2.48. The highest BCUT2D eigenvalue weighted by atomic mass is 16.8. The first-order chi connectivity index (χ1) is 53.3. The molecule has 109 heavy (non-hydrogen) atoms. The van der Waals surface area contributed by atoms with E-state index in [1.807, 2.05) is 0 Å². The first-order valence-corrected chi connectivity index (χ1v) is 45.0. The Labute approximate surface area is 662 Å². The molecular weight excluding hydrogens is 1380 g/mol. The molecule has 3 aliphatic rings. The van der Waals surface area contributed by atoms with Crippen LogP contribution in [0.5, 0.6) is 0 Å². The van der Waals surface area contributed by atoms with E-state index in [0.717, 1.165) is 77.0 Å². The van der Waals surface area contributed by atoms with Crippen molar-refractivity contribution in [2.24, 2.45) is 0 Å². The van der Waals surface area contributed by atoms with Gasteiger partial charge in [0.05, 0.1) is 38.6 Å². The van der Waals surface area contributed by atoms with E-state index in [2.05, 4.69) is 79.9 Å². The zero-order valence-electron chi connectivity index (χ0n) is 68.8. The van der Waals surface area contributed by atoms with Crippen LogP contribution in [0.25, 0.3) is 0 Å². The summed E-state index contributed by atoms with van der Waals surface area (Å²) in [6.07, 6.45) is 64.7. The third kappa shape index (κ3) is 48.6. The molecule has 0 radical (unpaired) electrons. The number of hydrogen-bond acceptors (Lipinski definition) is 18. The molecule has 0 aromatic carbocycles. The molecule has 3 fully saturated rings. The fraction of sp³-hybridized carbons (Fsp3) is 0.878. The number of unbranched alkanes of at least 4 members (excludes halogenated alkanes) is 47. The van der Waals surface area contributed by atoms with Gasteiger partial charge >= 0.3 is 0 Å². The zero-order valence-corrected chi connectivity index (χ0v) is 68.8. The van der Waals surface area contributed by atoms with Gasteiger partial charge in [-0.1, -0.05) is 370 Å². The van der Waals surface area contributed by atoms with Crippen molar-refractivity contribution in [3.8, 4) is 0 Å². The fourth-order valence-electron chi connectivity index (χ4n) is 15.2. The van der Waals surface area contributed by atoms with E-state index in [4.69, 9.17) is 28.4 Å². The monoisotopic (exact) mass is 1550 g/mol. The van der Waals surface area contributed by atoms with Crippen LogP contribution in [0.15, 0.2) is 60.8 Å². The highest BCUT2D eigenvalue weighted by Crippen LogP contribution is 2.34. The predicted octanol–water partition coefficient (Wildman–Crippen LogP) is 17.0. The molecule has 19 nitrogen and oxygen atoms in total. The summed E-state index contributed by atoms with van der Waals surface area (Å²) in [4.78, 5) is 13.5. The second-order valence-electron chi connectivity index (χ2n) is 32.0. The first kappa shape index (κ1) is 101. The molecule has 12 N–H and O–H groups in total. The highest BCUT2D eigenvalue weighted by molar-refractivity contribution is 5.76. The molecule has 0 aromatic heterocycles. The number of amides is 1. The quantitative estimate of drug-likeness (QED) is 0.0199. The van der Waals surface area contributed by atoms with Crippen LogP contribution in [0.2, 0.25) is 0 Å². The molecule has 3 saturated heterocycles. The second-order valence-corrected chi connectivity index (χ2v) is 32.0. The van der Waals surface area contributed by atoms with Crippen LogP contribution in [0.1, 0.15) is 373 Å². The minimum Gasteiger partial charge on any atom is -0.394 e. The van der Waals surface area contributed by atoms with Crippen molar-refractivity contribution in [2.75, 3.05) is 26.4 Å². The average molecular weight is 1550 g/mol. The molecule has 3 aliphatic heterocycles. The van der Waals surface area contributed by atoms with Gasteiger partial charge in [0.2, 0.25) is 5.91 Å².